The number of imidazole rings is 1. The molecule has 3 heterocycles. The number of piperidine rings is 1. The zero-order valence-corrected chi connectivity index (χ0v) is 16.2. The van der Waals surface area contributed by atoms with Gasteiger partial charge in [0.05, 0.1) is 6.61 Å². The van der Waals surface area contributed by atoms with Gasteiger partial charge < -0.3 is 20.2 Å². The molecule has 1 aliphatic rings. The minimum absolute atomic E-state index is 0.245. The van der Waals surface area contributed by atoms with Crippen LogP contribution in [0, 0.1) is 10.1 Å². The van der Waals surface area contributed by atoms with Gasteiger partial charge in [-0.05, 0) is 36.9 Å². The summed E-state index contributed by atoms with van der Waals surface area (Å²) in [6, 6.07) is 2.08. The zero-order chi connectivity index (χ0) is 19.8. The molecule has 0 atom stereocenters. The summed E-state index contributed by atoms with van der Waals surface area (Å²) in [6.45, 7) is 3.81. The van der Waals surface area contributed by atoms with Crippen molar-refractivity contribution in [2.24, 2.45) is 0 Å². The van der Waals surface area contributed by atoms with Crippen LogP contribution in [0.15, 0.2) is 30.0 Å². The first-order valence-electron chi connectivity index (χ1n) is 9.19. The highest BCUT2D eigenvalue weighted by atomic mass is 32.1. The SMILES string of the molecule is O=C(N/C=C\CCOc1csc(CN2CCCCC2)c1)c1nc[nH]c1[N+](=O)[O-]. The molecule has 3 rings (SSSR count). The van der Waals surface area contributed by atoms with Crippen LogP contribution in [-0.4, -0.2) is 45.4 Å². The standard InChI is InChI=1S/C18H23N5O4S/c24-18(16-17(23(25)26)21-13-20-16)19-6-2-5-9-27-14-10-15(28-12-14)11-22-7-3-1-4-8-22/h2,6,10,12-13H,1,3-5,7-9,11H2,(H,19,24)(H,20,21)/b6-2-. The lowest BCUT2D eigenvalue weighted by Gasteiger charge is -2.25. The van der Waals surface area contributed by atoms with Crippen molar-refractivity contribution in [2.75, 3.05) is 19.7 Å². The predicted molar refractivity (Wildman–Crippen MR) is 105 cm³/mol. The molecular weight excluding hydrogens is 382 g/mol. The van der Waals surface area contributed by atoms with Gasteiger partial charge in [-0.15, -0.1) is 11.3 Å². The summed E-state index contributed by atoms with van der Waals surface area (Å²) >= 11 is 1.71. The normalized spacial score (nSPS) is 15.0. The fourth-order valence-electron chi connectivity index (χ4n) is 2.98. The van der Waals surface area contributed by atoms with E-state index in [0.717, 1.165) is 18.6 Å². The Morgan fingerprint density at radius 2 is 2.25 bits per heavy atom. The number of amides is 1. The van der Waals surface area contributed by atoms with Crippen LogP contribution < -0.4 is 10.1 Å². The molecule has 1 saturated heterocycles. The van der Waals surface area contributed by atoms with Gasteiger partial charge >= 0.3 is 5.82 Å². The van der Waals surface area contributed by atoms with Gasteiger partial charge in [0, 0.05) is 29.4 Å². The van der Waals surface area contributed by atoms with E-state index in [4.69, 9.17) is 4.74 Å². The van der Waals surface area contributed by atoms with Crippen molar-refractivity contribution in [3.63, 3.8) is 0 Å². The average Bonchev–Trinajstić information content (AvgIpc) is 3.35. The molecule has 0 bridgehead atoms. The first-order chi connectivity index (χ1) is 13.6. The number of nitrogens with zero attached hydrogens (tertiary/aromatic N) is 3. The summed E-state index contributed by atoms with van der Waals surface area (Å²) in [5.41, 5.74) is -0.245. The number of carbonyl (C=O) groups excluding carboxylic acids is 1. The monoisotopic (exact) mass is 405 g/mol. The van der Waals surface area contributed by atoms with Gasteiger partial charge in [-0.3, -0.25) is 9.69 Å². The molecule has 0 aliphatic carbocycles. The minimum atomic E-state index is -0.681. The molecule has 2 aromatic rings. The second-order valence-corrected chi connectivity index (χ2v) is 7.45. The number of hydrogen-bond donors (Lipinski definition) is 2. The Hall–Kier alpha value is -2.72. The fraction of sp³-hybridized carbons (Fsp3) is 0.444. The lowest BCUT2D eigenvalue weighted by Crippen LogP contribution is -2.28. The topological polar surface area (TPSA) is 113 Å². The van der Waals surface area contributed by atoms with E-state index in [2.05, 4.69) is 26.3 Å². The summed E-state index contributed by atoms with van der Waals surface area (Å²) < 4.78 is 5.73. The molecular formula is C18H23N5O4S. The van der Waals surface area contributed by atoms with E-state index in [1.807, 2.05) is 5.38 Å². The average molecular weight is 405 g/mol. The molecule has 0 aromatic carbocycles. The van der Waals surface area contributed by atoms with E-state index in [1.54, 1.807) is 17.4 Å². The van der Waals surface area contributed by atoms with Crippen LogP contribution in [0.4, 0.5) is 5.82 Å². The largest absolute Gasteiger partial charge is 0.492 e. The number of ether oxygens (including phenoxy) is 1. The summed E-state index contributed by atoms with van der Waals surface area (Å²) in [6.07, 6.45) is 8.79. The molecule has 1 fully saturated rings. The molecule has 28 heavy (non-hydrogen) atoms. The van der Waals surface area contributed by atoms with Gasteiger partial charge in [-0.1, -0.05) is 12.5 Å². The van der Waals surface area contributed by atoms with Crippen molar-refractivity contribution in [1.82, 2.24) is 20.2 Å². The van der Waals surface area contributed by atoms with Gasteiger partial charge in [-0.2, -0.15) is 0 Å². The van der Waals surface area contributed by atoms with Gasteiger partial charge in [0.15, 0.2) is 6.33 Å². The van der Waals surface area contributed by atoms with Crippen LogP contribution in [0.1, 0.15) is 41.0 Å². The lowest BCUT2D eigenvalue weighted by atomic mass is 10.1. The van der Waals surface area contributed by atoms with E-state index in [0.29, 0.717) is 13.0 Å². The third-order valence-electron chi connectivity index (χ3n) is 4.36. The quantitative estimate of drug-likeness (QED) is 0.376. The molecule has 1 amide bonds. The highest BCUT2D eigenvalue weighted by Gasteiger charge is 2.21. The maximum absolute atomic E-state index is 11.9. The maximum Gasteiger partial charge on any atom is 0.353 e. The number of nitro groups is 1. The number of thiophene rings is 1. The lowest BCUT2D eigenvalue weighted by molar-refractivity contribution is -0.389. The number of H-pyrrole nitrogens is 1. The Bertz CT molecular complexity index is 826. The number of hydrogen-bond acceptors (Lipinski definition) is 7. The Balaban J connectivity index is 1.36. The van der Waals surface area contributed by atoms with Crippen LogP contribution in [0.3, 0.4) is 0 Å². The highest BCUT2D eigenvalue weighted by molar-refractivity contribution is 7.10. The molecule has 0 spiro atoms. The number of rotatable bonds is 9. The first-order valence-corrected chi connectivity index (χ1v) is 10.1. The van der Waals surface area contributed by atoms with Crippen LogP contribution in [0.5, 0.6) is 5.75 Å². The van der Waals surface area contributed by atoms with E-state index in [-0.39, 0.29) is 5.69 Å². The molecule has 0 saturated carbocycles. The summed E-state index contributed by atoms with van der Waals surface area (Å²) in [4.78, 5) is 31.7. The minimum Gasteiger partial charge on any atom is -0.492 e. The highest BCUT2D eigenvalue weighted by Crippen LogP contribution is 2.24. The second kappa shape index (κ2) is 10.00. The Morgan fingerprint density at radius 3 is 3.04 bits per heavy atom. The van der Waals surface area contributed by atoms with Crippen LogP contribution in [-0.2, 0) is 6.54 Å². The van der Waals surface area contributed by atoms with Crippen molar-refractivity contribution in [3.05, 3.63) is 50.7 Å². The predicted octanol–water partition coefficient (Wildman–Crippen LogP) is 3.08. The van der Waals surface area contributed by atoms with E-state index < -0.39 is 16.6 Å². The zero-order valence-electron chi connectivity index (χ0n) is 15.4. The molecule has 9 nitrogen and oxygen atoms in total. The van der Waals surface area contributed by atoms with Gasteiger partial charge in [0.2, 0.25) is 5.69 Å². The van der Waals surface area contributed by atoms with E-state index in [9.17, 15) is 14.9 Å². The third kappa shape index (κ3) is 5.64. The summed E-state index contributed by atoms with van der Waals surface area (Å²) in [5, 5.41) is 15.2. The summed E-state index contributed by atoms with van der Waals surface area (Å²) in [7, 11) is 0. The van der Waals surface area contributed by atoms with Crippen molar-refractivity contribution in [2.45, 2.75) is 32.2 Å². The Labute approximate surface area is 166 Å². The molecule has 1 aliphatic heterocycles. The van der Waals surface area contributed by atoms with Crippen molar-refractivity contribution < 1.29 is 14.5 Å². The molecule has 0 unspecified atom stereocenters. The number of aromatic amines is 1. The molecule has 0 radical (unpaired) electrons. The smallest absolute Gasteiger partial charge is 0.353 e. The Kier molecular flexibility index (Phi) is 7.15. The van der Waals surface area contributed by atoms with Crippen LogP contribution in [0.25, 0.3) is 0 Å². The number of aromatic nitrogens is 2. The maximum atomic E-state index is 11.9. The third-order valence-corrected chi connectivity index (χ3v) is 5.26. The number of carbonyl (C=O) groups is 1. The molecule has 2 N–H and O–H groups in total. The molecule has 150 valence electrons. The van der Waals surface area contributed by atoms with Gasteiger partial charge in [-0.25, -0.2) is 9.97 Å². The van der Waals surface area contributed by atoms with Crippen molar-refractivity contribution in [3.8, 4) is 5.75 Å². The van der Waals surface area contributed by atoms with Gasteiger partial charge in [0.25, 0.3) is 5.91 Å². The molecule has 10 heteroatoms. The van der Waals surface area contributed by atoms with E-state index >= 15 is 0 Å². The first kappa shape index (κ1) is 20.0. The van der Waals surface area contributed by atoms with E-state index in [1.165, 1.54) is 43.4 Å². The number of likely N-dealkylation sites (tertiary alicyclic amines) is 1. The van der Waals surface area contributed by atoms with Crippen molar-refractivity contribution in [1.29, 1.82) is 0 Å². The fourth-order valence-corrected chi connectivity index (χ4v) is 3.83. The Morgan fingerprint density at radius 1 is 1.43 bits per heavy atom. The van der Waals surface area contributed by atoms with Gasteiger partial charge in [0.1, 0.15) is 5.75 Å². The molecule has 2 aromatic heterocycles. The van der Waals surface area contributed by atoms with Crippen LogP contribution in [0.2, 0.25) is 0 Å². The summed E-state index contributed by atoms with van der Waals surface area (Å²) in [5.74, 6) is -0.195. The van der Waals surface area contributed by atoms with Crippen LogP contribution >= 0.6 is 11.3 Å². The second-order valence-electron chi connectivity index (χ2n) is 6.46. The van der Waals surface area contributed by atoms with Crippen molar-refractivity contribution >= 4 is 23.1 Å². The number of nitrogens with one attached hydrogen (secondary N) is 2.